The second-order valence-electron chi connectivity index (χ2n) is 7.23. The third kappa shape index (κ3) is 3.74. The van der Waals surface area contributed by atoms with Crippen LogP contribution in [0.4, 0.5) is 0 Å². The molecule has 0 amide bonds. The molecule has 27 heavy (non-hydrogen) atoms. The van der Waals surface area contributed by atoms with Gasteiger partial charge in [0.1, 0.15) is 19.9 Å². The van der Waals surface area contributed by atoms with E-state index < -0.39 is 0 Å². The summed E-state index contributed by atoms with van der Waals surface area (Å²) in [7, 11) is 0. The Kier molecular flexibility index (Phi) is 4.71. The molecule has 0 bridgehead atoms. The molecule has 1 unspecified atom stereocenters. The number of hydrogen-bond acceptors (Lipinski definition) is 6. The van der Waals surface area contributed by atoms with E-state index in [1.54, 1.807) is 0 Å². The van der Waals surface area contributed by atoms with Gasteiger partial charge < -0.3 is 9.85 Å². The molecule has 8 nitrogen and oxygen atoms in total. The summed E-state index contributed by atoms with van der Waals surface area (Å²) >= 11 is 0. The molecule has 1 fully saturated rings. The summed E-state index contributed by atoms with van der Waals surface area (Å²) in [6, 6.07) is 16.4. The number of nitrogens with one attached hydrogen (secondary N) is 2. The molecule has 0 aliphatic carbocycles. The van der Waals surface area contributed by atoms with Crippen LogP contribution in [-0.2, 0) is 6.54 Å². The highest BCUT2D eigenvalue weighted by atomic mass is 16.6. The van der Waals surface area contributed by atoms with Crippen molar-refractivity contribution < 1.29 is 4.65 Å². The summed E-state index contributed by atoms with van der Waals surface area (Å²) < 4.78 is -0.280. The van der Waals surface area contributed by atoms with Gasteiger partial charge >= 0.3 is 0 Å². The Morgan fingerprint density at radius 1 is 1.11 bits per heavy atom. The number of aromatic amines is 1. The molecule has 1 aliphatic heterocycles. The smallest absolute Gasteiger partial charge is 0.180 e. The Morgan fingerprint density at radius 2 is 1.85 bits per heavy atom. The highest BCUT2D eigenvalue weighted by Crippen LogP contribution is 2.30. The first-order valence-electron chi connectivity index (χ1n) is 9.04. The van der Waals surface area contributed by atoms with Crippen LogP contribution in [0, 0.1) is 5.21 Å². The number of hydrogen-bond donors (Lipinski definition) is 2. The minimum absolute atomic E-state index is 0.280. The first-order chi connectivity index (χ1) is 13.0. The van der Waals surface area contributed by atoms with Gasteiger partial charge in [0, 0.05) is 17.2 Å². The first-order valence-corrected chi connectivity index (χ1v) is 9.04. The van der Waals surface area contributed by atoms with Gasteiger partial charge in [0.15, 0.2) is 5.82 Å². The van der Waals surface area contributed by atoms with Crippen molar-refractivity contribution in [3.05, 3.63) is 59.3 Å². The Bertz CT molecular complexity index is 895. The van der Waals surface area contributed by atoms with E-state index in [1.165, 1.54) is 0 Å². The second kappa shape index (κ2) is 7.16. The van der Waals surface area contributed by atoms with Crippen LogP contribution >= 0.6 is 0 Å². The van der Waals surface area contributed by atoms with E-state index in [0.717, 1.165) is 22.3 Å². The zero-order valence-electron chi connectivity index (χ0n) is 15.5. The fourth-order valence-corrected chi connectivity index (χ4v) is 3.39. The van der Waals surface area contributed by atoms with Gasteiger partial charge in [0.05, 0.1) is 0 Å². The quantitative estimate of drug-likeness (QED) is 0.533. The van der Waals surface area contributed by atoms with Crippen LogP contribution in [0.3, 0.4) is 0 Å². The SMILES string of the molecule is CC(C)N1C[N+]([O-])(Cc2ccc(-c3ccccc3-c3nnn[nH]3)cc2)CN1. The number of tetrazole rings is 1. The molecular formula is C19H23N7O. The van der Waals surface area contributed by atoms with Gasteiger partial charge in [-0.2, -0.15) is 5.01 Å². The monoisotopic (exact) mass is 365 g/mol. The molecule has 1 aromatic heterocycles. The molecule has 2 N–H and O–H groups in total. The molecule has 0 radical (unpaired) electrons. The topological polar surface area (TPSA) is 92.8 Å². The number of hydroxylamine groups is 3. The van der Waals surface area contributed by atoms with Crippen molar-refractivity contribution in [3.63, 3.8) is 0 Å². The van der Waals surface area contributed by atoms with Crippen LogP contribution in [0.15, 0.2) is 48.5 Å². The average molecular weight is 365 g/mol. The minimum atomic E-state index is -0.280. The van der Waals surface area contributed by atoms with Crippen molar-refractivity contribution in [2.45, 2.75) is 26.4 Å². The minimum Gasteiger partial charge on any atom is -0.631 e. The molecule has 1 atom stereocenters. The maximum Gasteiger partial charge on any atom is 0.180 e. The molecule has 4 rings (SSSR count). The number of aromatic nitrogens is 4. The van der Waals surface area contributed by atoms with Crippen LogP contribution in [0.2, 0.25) is 0 Å². The maximum absolute atomic E-state index is 13.0. The van der Waals surface area contributed by atoms with Gasteiger partial charge in [0.2, 0.25) is 0 Å². The van der Waals surface area contributed by atoms with Gasteiger partial charge in [-0.15, -0.1) is 5.10 Å². The fraction of sp³-hybridized carbons (Fsp3) is 0.316. The van der Waals surface area contributed by atoms with Crippen molar-refractivity contribution in [1.29, 1.82) is 0 Å². The predicted octanol–water partition coefficient (Wildman–Crippen LogP) is 2.49. The Morgan fingerprint density at radius 3 is 2.48 bits per heavy atom. The third-order valence-corrected chi connectivity index (χ3v) is 4.86. The summed E-state index contributed by atoms with van der Waals surface area (Å²) in [5.74, 6) is 0.635. The molecule has 0 spiro atoms. The zero-order chi connectivity index (χ0) is 18.9. The summed E-state index contributed by atoms with van der Waals surface area (Å²) in [6.07, 6.45) is 0. The van der Waals surface area contributed by atoms with Crippen LogP contribution in [-0.4, -0.2) is 49.7 Å². The van der Waals surface area contributed by atoms with Gasteiger partial charge in [-0.3, -0.25) is 0 Å². The van der Waals surface area contributed by atoms with Crippen LogP contribution in [0.25, 0.3) is 22.5 Å². The molecule has 1 aliphatic rings. The normalized spacial score (nSPS) is 20.4. The molecular weight excluding hydrogens is 342 g/mol. The summed E-state index contributed by atoms with van der Waals surface area (Å²) in [5.41, 5.74) is 7.27. The largest absolute Gasteiger partial charge is 0.631 e. The van der Waals surface area contributed by atoms with Crippen molar-refractivity contribution >= 4 is 0 Å². The number of quaternary nitrogens is 1. The Balaban J connectivity index is 1.54. The van der Waals surface area contributed by atoms with E-state index in [4.69, 9.17) is 0 Å². The van der Waals surface area contributed by atoms with E-state index in [9.17, 15) is 5.21 Å². The Hall–Kier alpha value is -2.65. The number of H-pyrrole nitrogens is 1. The Labute approximate surface area is 158 Å². The van der Waals surface area contributed by atoms with Gasteiger partial charge in [-0.1, -0.05) is 48.5 Å². The molecule has 8 heteroatoms. The van der Waals surface area contributed by atoms with E-state index in [0.29, 0.717) is 31.7 Å². The molecule has 140 valence electrons. The molecule has 3 aromatic rings. The summed E-state index contributed by atoms with van der Waals surface area (Å²) in [4.78, 5) is 0. The van der Waals surface area contributed by atoms with E-state index in [-0.39, 0.29) is 4.65 Å². The van der Waals surface area contributed by atoms with Crippen molar-refractivity contribution in [1.82, 2.24) is 31.1 Å². The summed E-state index contributed by atoms with van der Waals surface area (Å²) in [5, 5.41) is 29.1. The first kappa shape index (κ1) is 17.7. The molecule has 2 aromatic carbocycles. The maximum atomic E-state index is 13.0. The highest BCUT2D eigenvalue weighted by molar-refractivity contribution is 5.80. The predicted molar refractivity (Wildman–Crippen MR) is 102 cm³/mol. The van der Waals surface area contributed by atoms with Crippen molar-refractivity contribution in [3.8, 4) is 22.5 Å². The standard InChI is InChI=1S/C19H23N7O/c1-14(2)25-13-26(27,12-20-25)11-15-7-9-16(10-8-15)17-5-3-4-6-18(17)19-21-23-24-22-19/h3-10,14,20H,11-13H2,1-2H3,(H,21,22,23,24). The molecule has 1 saturated heterocycles. The van der Waals surface area contributed by atoms with Crippen molar-refractivity contribution in [2.75, 3.05) is 13.3 Å². The lowest BCUT2D eigenvalue weighted by molar-refractivity contribution is -0.887. The third-order valence-electron chi connectivity index (χ3n) is 4.86. The van der Waals surface area contributed by atoms with E-state index in [1.807, 2.05) is 53.5 Å². The molecule has 0 saturated carbocycles. The van der Waals surface area contributed by atoms with Gasteiger partial charge in [-0.05, 0) is 35.4 Å². The van der Waals surface area contributed by atoms with Crippen LogP contribution in [0.1, 0.15) is 19.4 Å². The van der Waals surface area contributed by atoms with Crippen LogP contribution in [0.5, 0.6) is 0 Å². The summed E-state index contributed by atoms with van der Waals surface area (Å²) in [6.45, 7) is 5.48. The lowest BCUT2D eigenvalue weighted by Gasteiger charge is -2.37. The molecule has 2 heterocycles. The van der Waals surface area contributed by atoms with Gasteiger partial charge in [0.25, 0.3) is 0 Å². The number of hydrazine groups is 1. The van der Waals surface area contributed by atoms with E-state index in [2.05, 4.69) is 39.9 Å². The van der Waals surface area contributed by atoms with Gasteiger partial charge in [-0.25, -0.2) is 10.5 Å². The lowest BCUT2D eigenvalue weighted by Crippen LogP contribution is -2.41. The lowest BCUT2D eigenvalue weighted by atomic mass is 9.98. The second-order valence-corrected chi connectivity index (χ2v) is 7.23. The number of benzene rings is 2. The van der Waals surface area contributed by atoms with Crippen molar-refractivity contribution in [2.24, 2.45) is 0 Å². The average Bonchev–Trinajstić information content (AvgIpc) is 3.33. The zero-order valence-corrected chi connectivity index (χ0v) is 15.5. The highest BCUT2D eigenvalue weighted by Gasteiger charge is 2.30. The number of rotatable bonds is 5. The fourth-order valence-electron chi connectivity index (χ4n) is 3.39. The number of nitrogens with zero attached hydrogens (tertiary/aromatic N) is 5. The van der Waals surface area contributed by atoms with E-state index >= 15 is 0 Å². The van der Waals surface area contributed by atoms with Crippen LogP contribution < -0.4 is 5.43 Å².